The number of methoxy groups -OCH3 is 1. The fourth-order valence-electron chi connectivity index (χ4n) is 3.97. The number of ether oxygens (including phenoxy) is 11. The van der Waals surface area contributed by atoms with Crippen molar-refractivity contribution in [2.45, 2.75) is 6.18 Å². The molecule has 0 heterocycles. The molecule has 0 amide bonds. The summed E-state index contributed by atoms with van der Waals surface area (Å²) >= 11 is 0. The normalized spacial score (nSPS) is 11.6. The summed E-state index contributed by atoms with van der Waals surface area (Å²) in [5, 5.41) is 2.86. The van der Waals surface area contributed by atoms with Crippen molar-refractivity contribution in [3.8, 4) is 0 Å². The number of rotatable bonds is 33. The van der Waals surface area contributed by atoms with Gasteiger partial charge in [0.2, 0.25) is 0 Å². The summed E-state index contributed by atoms with van der Waals surface area (Å²) in [4.78, 5) is 12.6. The molecule has 0 aliphatic heterocycles. The number of carbonyl (C=O) groups is 1. The van der Waals surface area contributed by atoms with Crippen LogP contribution in [0.1, 0.15) is 15.9 Å². The second-order valence-electron chi connectivity index (χ2n) is 10.4. The lowest BCUT2D eigenvalue weighted by Crippen LogP contribution is -2.16. The topological polar surface area (TPSA) is 131 Å². The van der Waals surface area contributed by atoms with E-state index in [0.717, 1.165) is 12.1 Å². The summed E-state index contributed by atoms with van der Waals surface area (Å²) in [5.74, 6) is -0.628. The van der Waals surface area contributed by atoms with Gasteiger partial charge in [-0.15, -0.1) is 0 Å². The predicted octanol–water partition coefficient (Wildman–Crippen LogP) is 4.40. The van der Waals surface area contributed by atoms with E-state index in [9.17, 15) is 18.0 Å². The Morgan fingerprint density at radius 3 is 1.33 bits per heavy atom. The SMILES string of the molecule is COCCOCCOCCOCCOCCOCCOCCOCCOCCOCCOC(=O)c1ccccc1Nc1cccc(C(F)(F)F)c1. The van der Waals surface area contributed by atoms with Crippen molar-refractivity contribution in [3.63, 3.8) is 0 Å². The molecule has 0 radical (unpaired) electrons. The third-order valence-corrected chi connectivity index (χ3v) is 6.48. The molecule has 1 N–H and O–H groups in total. The molecule has 2 aromatic rings. The fourth-order valence-corrected chi connectivity index (χ4v) is 3.97. The first-order chi connectivity index (χ1) is 24.9. The van der Waals surface area contributed by atoms with Gasteiger partial charge in [0.05, 0.1) is 142 Å². The molecule has 0 unspecified atom stereocenters. The molecule has 0 bridgehead atoms. The van der Waals surface area contributed by atoms with Gasteiger partial charge in [-0.1, -0.05) is 18.2 Å². The second-order valence-corrected chi connectivity index (χ2v) is 10.4. The van der Waals surface area contributed by atoms with Gasteiger partial charge in [0.25, 0.3) is 0 Å². The highest BCUT2D eigenvalue weighted by atomic mass is 19.4. The van der Waals surface area contributed by atoms with Gasteiger partial charge < -0.3 is 57.4 Å². The van der Waals surface area contributed by atoms with Gasteiger partial charge in [-0.05, 0) is 30.3 Å². The highest BCUT2D eigenvalue weighted by molar-refractivity contribution is 5.96. The average molecular weight is 736 g/mol. The van der Waals surface area contributed by atoms with E-state index < -0.39 is 17.7 Å². The number of hydrogen-bond acceptors (Lipinski definition) is 13. The maximum Gasteiger partial charge on any atom is 0.416 e. The minimum atomic E-state index is -4.48. The number of benzene rings is 2. The van der Waals surface area contributed by atoms with Crippen LogP contribution in [-0.2, 0) is 58.3 Å². The molecule has 13 nitrogen and oxygen atoms in total. The molecular weight excluding hydrogens is 683 g/mol. The first-order valence-corrected chi connectivity index (χ1v) is 16.8. The van der Waals surface area contributed by atoms with Crippen LogP contribution in [-0.4, -0.2) is 145 Å². The van der Waals surface area contributed by atoms with E-state index in [1.54, 1.807) is 25.3 Å². The quantitative estimate of drug-likeness (QED) is 0.0822. The molecule has 2 rings (SSSR count). The molecule has 2 aromatic carbocycles. The van der Waals surface area contributed by atoms with Gasteiger partial charge in [0.15, 0.2) is 0 Å². The van der Waals surface area contributed by atoms with Gasteiger partial charge >= 0.3 is 12.1 Å². The summed E-state index contributed by atoms with van der Waals surface area (Å²) in [5.41, 5.74) is -0.0896. The van der Waals surface area contributed by atoms with Crippen molar-refractivity contribution in [2.75, 3.05) is 145 Å². The zero-order valence-corrected chi connectivity index (χ0v) is 29.3. The molecule has 0 aliphatic carbocycles. The van der Waals surface area contributed by atoms with Crippen LogP contribution in [0.3, 0.4) is 0 Å². The molecule has 0 saturated carbocycles. The predicted molar refractivity (Wildman–Crippen MR) is 181 cm³/mol. The van der Waals surface area contributed by atoms with E-state index in [0.29, 0.717) is 125 Å². The Hall–Kier alpha value is -2.90. The lowest BCUT2D eigenvalue weighted by molar-refractivity contribution is -0.137. The smallest absolute Gasteiger partial charge is 0.416 e. The Kier molecular flexibility index (Phi) is 25.7. The summed E-state index contributed by atoms with van der Waals surface area (Å²) in [6, 6.07) is 11.1. The van der Waals surface area contributed by atoms with Gasteiger partial charge in [-0.3, -0.25) is 0 Å². The van der Waals surface area contributed by atoms with Gasteiger partial charge in [0, 0.05) is 12.8 Å². The molecule has 0 aromatic heterocycles. The lowest BCUT2D eigenvalue weighted by Gasteiger charge is -2.13. The number of halogens is 3. The first kappa shape index (κ1) is 44.3. The number of esters is 1. The van der Waals surface area contributed by atoms with Crippen molar-refractivity contribution >= 4 is 17.3 Å². The number of hydrogen-bond donors (Lipinski definition) is 1. The Balaban J connectivity index is 1.32. The van der Waals surface area contributed by atoms with E-state index in [-0.39, 0.29) is 24.5 Å². The Morgan fingerprint density at radius 1 is 0.529 bits per heavy atom. The van der Waals surface area contributed by atoms with Crippen LogP contribution in [0, 0.1) is 0 Å². The zero-order chi connectivity index (χ0) is 36.7. The zero-order valence-electron chi connectivity index (χ0n) is 29.3. The number of nitrogens with one attached hydrogen (secondary N) is 1. The Morgan fingerprint density at radius 2 is 0.922 bits per heavy atom. The highest BCUT2D eigenvalue weighted by Gasteiger charge is 2.30. The number of carbonyl (C=O) groups excluding carboxylic acids is 1. The van der Waals surface area contributed by atoms with Crippen LogP contribution in [0.15, 0.2) is 48.5 Å². The molecule has 16 heteroatoms. The van der Waals surface area contributed by atoms with E-state index in [1.165, 1.54) is 18.2 Å². The van der Waals surface area contributed by atoms with E-state index >= 15 is 0 Å². The van der Waals surface area contributed by atoms with Gasteiger partial charge in [-0.2, -0.15) is 13.2 Å². The van der Waals surface area contributed by atoms with Crippen molar-refractivity contribution in [3.05, 3.63) is 59.7 Å². The summed E-state index contributed by atoms with van der Waals surface area (Å²) < 4.78 is 98.1. The number of para-hydroxylation sites is 1. The number of anilines is 2. The highest BCUT2D eigenvalue weighted by Crippen LogP contribution is 2.32. The fraction of sp³-hybridized carbons (Fsp3) is 0.629. The molecule has 290 valence electrons. The molecule has 0 fully saturated rings. The van der Waals surface area contributed by atoms with Crippen LogP contribution >= 0.6 is 0 Å². The van der Waals surface area contributed by atoms with Crippen LogP contribution in [0.2, 0.25) is 0 Å². The van der Waals surface area contributed by atoms with Crippen molar-refractivity contribution in [1.82, 2.24) is 0 Å². The molecule has 0 saturated heterocycles. The maximum absolute atomic E-state index is 13.0. The third-order valence-electron chi connectivity index (χ3n) is 6.48. The van der Waals surface area contributed by atoms with Crippen LogP contribution in [0.5, 0.6) is 0 Å². The molecule has 51 heavy (non-hydrogen) atoms. The van der Waals surface area contributed by atoms with Gasteiger partial charge in [-0.25, -0.2) is 4.79 Å². The average Bonchev–Trinajstić information content (AvgIpc) is 3.12. The van der Waals surface area contributed by atoms with Crippen molar-refractivity contribution in [2.24, 2.45) is 0 Å². The van der Waals surface area contributed by atoms with Crippen LogP contribution in [0.4, 0.5) is 24.5 Å². The minimum Gasteiger partial charge on any atom is -0.460 e. The standard InChI is InChI=1S/C35H52F3NO12/c1-41-9-10-42-11-12-43-13-14-44-15-16-45-17-18-46-19-20-47-21-22-48-23-24-49-25-26-50-27-28-51-34(40)32-7-2-3-8-33(32)39-31-6-4-5-30(29-31)35(36,37)38/h2-8,29,39H,9-28H2,1H3. The first-order valence-electron chi connectivity index (χ1n) is 16.8. The Bertz CT molecular complexity index is 1150. The summed E-state index contributed by atoms with van der Waals surface area (Å²) in [6.07, 6.45) is -4.48. The maximum atomic E-state index is 13.0. The van der Waals surface area contributed by atoms with Crippen LogP contribution < -0.4 is 5.32 Å². The van der Waals surface area contributed by atoms with E-state index in [1.807, 2.05) is 0 Å². The van der Waals surface area contributed by atoms with E-state index in [4.69, 9.17) is 52.1 Å². The lowest BCUT2D eigenvalue weighted by atomic mass is 10.1. The van der Waals surface area contributed by atoms with Crippen LogP contribution in [0.25, 0.3) is 0 Å². The molecular formula is C35H52F3NO12. The summed E-state index contributed by atoms with van der Waals surface area (Å²) in [7, 11) is 1.63. The minimum absolute atomic E-state index is 0.000938. The largest absolute Gasteiger partial charge is 0.460 e. The monoisotopic (exact) mass is 735 g/mol. The summed E-state index contributed by atoms with van der Waals surface area (Å²) in [6.45, 7) is 8.52. The third kappa shape index (κ3) is 23.3. The molecule has 0 aliphatic rings. The second kappa shape index (κ2) is 29.7. The molecule has 0 spiro atoms. The number of alkyl halides is 3. The Labute approximate surface area is 297 Å². The molecule has 0 atom stereocenters. The van der Waals surface area contributed by atoms with Crippen molar-refractivity contribution in [1.29, 1.82) is 0 Å². The van der Waals surface area contributed by atoms with E-state index in [2.05, 4.69) is 5.32 Å². The van der Waals surface area contributed by atoms with Gasteiger partial charge in [0.1, 0.15) is 6.61 Å². The van der Waals surface area contributed by atoms with Crippen molar-refractivity contribution < 1.29 is 70.1 Å².